The first-order chi connectivity index (χ1) is 14.6. The van der Waals surface area contributed by atoms with E-state index in [1.165, 1.54) is 18.6 Å². The Bertz CT molecular complexity index is 1220. The van der Waals surface area contributed by atoms with E-state index in [0.29, 0.717) is 5.69 Å². The largest absolute Gasteiger partial charge is 0.363 e. The number of halogens is 1. The first kappa shape index (κ1) is 18.5. The van der Waals surface area contributed by atoms with E-state index < -0.39 is 5.91 Å². The molecule has 0 saturated heterocycles. The molecule has 0 radical (unpaired) electrons. The smallest absolute Gasteiger partial charge is 0.284 e. The predicted octanol–water partition coefficient (Wildman–Crippen LogP) is 4.84. The minimum absolute atomic E-state index is 0.139. The minimum Gasteiger partial charge on any atom is -0.363 e. The van der Waals surface area contributed by atoms with Crippen molar-refractivity contribution < 1.29 is 9.18 Å². The number of hydrogen-bond donors (Lipinski definition) is 2. The average Bonchev–Trinajstić information content (AvgIpc) is 3.40. The van der Waals surface area contributed by atoms with Crippen molar-refractivity contribution in [2.75, 3.05) is 0 Å². The predicted molar refractivity (Wildman–Crippen MR) is 113 cm³/mol. The molecule has 1 aromatic carbocycles. The normalized spacial score (nSPS) is 15.0. The molecule has 0 aliphatic heterocycles. The summed E-state index contributed by atoms with van der Waals surface area (Å²) in [7, 11) is 0. The molecule has 1 fully saturated rings. The first-order valence-electron chi connectivity index (χ1n) is 10.2. The van der Waals surface area contributed by atoms with Gasteiger partial charge in [0.2, 0.25) is 0 Å². The van der Waals surface area contributed by atoms with Gasteiger partial charge in [0, 0.05) is 34.9 Å². The Hall–Kier alpha value is -3.48. The maximum absolute atomic E-state index is 13.6. The summed E-state index contributed by atoms with van der Waals surface area (Å²) in [6, 6.07) is 10.2. The number of primary amides is 1. The lowest BCUT2D eigenvalue weighted by molar-refractivity contribution is 0.0982. The summed E-state index contributed by atoms with van der Waals surface area (Å²) in [5.74, 6) is -0.634. The third-order valence-electron chi connectivity index (χ3n) is 5.90. The van der Waals surface area contributed by atoms with Crippen LogP contribution in [0.2, 0.25) is 0 Å². The van der Waals surface area contributed by atoms with Crippen molar-refractivity contribution in [3.63, 3.8) is 0 Å². The van der Waals surface area contributed by atoms with Crippen molar-refractivity contribution in [1.82, 2.24) is 19.5 Å². The number of nitrogens with two attached hydrogens (primary N) is 1. The molecule has 3 N–H and O–H groups in total. The van der Waals surface area contributed by atoms with Crippen LogP contribution in [0.5, 0.6) is 0 Å². The zero-order valence-electron chi connectivity index (χ0n) is 16.4. The first-order valence-corrected chi connectivity index (χ1v) is 10.2. The van der Waals surface area contributed by atoms with E-state index in [1.54, 1.807) is 18.3 Å². The summed E-state index contributed by atoms with van der Waals surface area (Å²) in [5, 5.41) is 0.939. The number of rotatable bonds is 4. The van der Waals surface area contributed by atoms with Gasteiger partial charge in [0.1, 0.15) is 11.5 Å². The molecule has 0 spiro atoms. The van der Waals surface area contributed by atoms with Gasteiger partial charge >= 0.3 is 0 Å². The molecule has 30 heavy (non-hydrogen) atoms. The van der Waals surface area contributed by atoms with Crippen molar-refractivity contribution >= 4 is 16.9 Å². The monoisotopic (exact) mass is 403 g/mol. The molecule has 1 aliphatic rings. The van der Waals surface area contributed by atoms with E-state index in [1.807, 2.05) is 22.9 Å². The standard InChI is InChI=1S/C23H22FN5O/c24-15-8-6-14(7-9-15)19-20(17-10-12-26-22-18(17)11-13-27-22)29(23(28-19)21(25)30)16-4-2-1-3-5-16/h6-13,16H,1-5H2,(H2,25,30)(H,26,27). The Labute approximate surface area is 173 Å². The van der Waals surface area contributed by atoms with E-state index >= 15 is 0 Å². The number of benzene rings is 1. The maximum atomic E-state index is 13.6. The Morgan fingerprint density at radius 2 is 1.87 bits per heavy atom. The SMILES string of the molecule is NC(=O)c1nc(-c2ccc(F)cc2)c(-c2ccnc3[nH]ccc23)n1C1CCCCC1. The molecule has 0 unspecified atom stereocenters. The second-order valence-corrected chi connectivity index (χ2v) is 7.76. The highest BCUT2D eigenvalue weighted by Gasteiger charge is 2.29. The molecule has 1 amide bonds. The van der Waals surface area contributed by atoms with Crippen LogP contribution in [0.1, 0.15) is 48.8 Å². The molecule has 3 aromatic heterocycles. The maximum Gasteiger partial charge on any atom is 0.284 e. The van der Waals surface area contributed by atoms with E-state index in [9.17, 15) is 9.18 Å². The van der Waals surface area contributed by atoms with Crippen LogP contribution in [-0.2, 0) is 0 Å². The van der Waals surface area contributed by atoms with E-state index in [2.05, 4.69) is 15.0 Å². The number of pyridine rings is 1. The Kier molecular flexibility index (Phi) is 4.58. The fourth-order valence-electron chi connectivity index (χ4n) is 4.54. The van der Waals surface area contributed by atoms with Crippen LogP contribution >= 0.6 is 0 Å². The number of fused-ring (bicyclic) bond motifs is 1. The fourth-order valence-corrected chi connectivity index (χ4v) is 4.54. The van der Waals surface area contributed by atoms with Crippen LogP contribution in [0.4, 0.5) is 4.39 Å². The lowest BCUT2D eigenvalue weighted by Crippen LogP contribution is -2.23. The summed E-state index contributed by atoms with van der Waals surface area (Å²) in [5.41, 5.74) is 9.65. The van der Waals surface area contributed by atoms with Gasteiger partial charge in [-0.2, -0.15) is 0 Å². The highest BCUT2D eigenvalue weighted by molar-refractivity contribution is 5.99. The number of H-pyrrole nitrogens is 1. The number of nitrogens with one attached hydrogen (secondary N) is 1. The molecule has 152 valence electrons. The van der Waals surface area contributed by atoms with Crippen LogP contribution in [0, 0.1) is 5.82 Å². The van der Waals surface area contributed by atoms with Crippen molar-refractivity contribution in [1.29, 1.82) is 0 Å². The van der Waals surface area contributed by atoms with Gasteiger partial charge in [-0.25, -0.2) is 14.4 Å². The van der Waals surface area contributed by atoms with Gasteiger partial charge in [-0.3, -0.25) is 4.79 Å². The van der Waals surface area contributed by atoms with Crippen LogP contribution in [0.3, 0.4) is 0 Å². The van der Waals surface area contributed by atoms with Crippen molar-refractivity contribution in [3.8, 4) is 22.5 Å². The van der Waals surface area contributed by atoms with Gasteiger partial charge in [0.15, 0.2) is 5.82 Å². The lowest BCUT2D eigenvalue weighted by Gasteiger charge is -2.26. The van der Waals surface area contributed by atoms with Crippen LogP contribution in [-0.4, -0.2) is 25.4 Å². The van der Waals surface area contributed by atoms with Gasteiger partial charge < -0.3 is 15.3 Å². The molecule has 7 heteroatoms. The van der Waals surface area contributed by atoms with Crippen molar-refractivity contribution in [3.05, 3.63) is 60.4 Å². The molecule has 6 nitrogen and oxygen atoms in total. The van der Waals surface area contributed by atoms with Gasteiger partial charge in [-0.1, -0.05) is 19.3 Å². The summed E-state index contributed by atoms with van der Waals surface area (Å²) < 4.78 is 15.6. The molecule has 5 rings (SSSR count). The zero-order valence-corrected chi connectivity index (χ0v) is 16.4. The molecule has 0 atom stereocenters. The zero-order chi connectivity index (χ0) is 20.7. The molecule has 3 heterocycles. The van der Waals surface area contributed by atoms with E-state index in [-0.39, 0.29) is 17.7 Å². The number of aromatic amines is 1. The highest BCUT2D eigenvalue weighted by atomic mass is 19.1. The van der Waals surface area contributed by atoms with Crippen molar-refractivity contribution in [2.24, 2.45) is 5.73 Å². The van der Waals surface area contributed by atoms with Gasteiger partial charge in [0.25, 0.3) is 5.91 Å². The Morgan fingerprint density at radius 3 is 2.60 bits per heavy atom. The summed E-state index contributed by atoms with van der Waals surface area (Å²) in [6.07, 6.45) is 8.90. The fraction of sp³-hybridized carbons (Fsp3) is 0.261. The van der Waals surface area contributed by atoms with Gasteiger partial charge in [-0.15, -0.1) is 0 Å². The summed E-state index contributed by atoms with van der Waals surface area (Å²) in [6.45, 7) is 0. The second kappa shape index (κ2) is 7.40. The molecule has 4 aromatic rings. The van der Waals surface area contributed by atoms with Crippen LogP contribution < -0.4 is 5.73 Å². The number of nitrogens with zero attached hydrogens (tertiary/aromatic N) is 3. The molecular formula is C23H22FN5O. The highest BCUT2D eigenvalue weighted by Crippen LogP contribution is 2.41. The molecule has 0 bridgehead atoms. The Morgan fingerprint density at radius 1 is 1.10 bits per heavy atom. The number of carbonyl (C=O) groups excluding carboxylic acids is 1. The number of aromatic nitrogens is 4. The van der Waals surface area contributed by atoms with Gasteiger partial charge in [-0.05, 0) is 49.2 Å². The molecule has 1 saturated carbocycles. The number of carbonyl (C=O) groups is 1. The number of amides is 1. The third kappa shape index (κ3) is 3.07. The lowest BCUT2D eigenvalue weighted by atomic mass is 9.94. The second-order valence-electron chi connectivity index (χ2n) is 7.76. The number of hydrogen-bond acceptors (Lipinski definition) is 3. The molecular weight excluding hydrogens is 381 g/mol. The van der Waals surface area contributed by atoms with Crippen LogP contribution in [0.25, 0.3) is 33.5 Å². The average molecular weight is 403 g/mol. The third-order valence-corrected chi connectivity index (χ3v) is 5.90. The number of imidazole rings is 1. The topological polar surface area (TPSA) is 89.6 Å². The Balaban J connectivity index is 1.84. The quantitative estimate of drug-likeness (QED) is 0.511. The van der Waals surface area contributed by atoms with Crippen LogP contribution in [0.15, 0.2) is 48.8 Å². The molecule has 1 aliphatic carbocycles. The van der Waals surface area contributed by atoms with Crippen molar-refractivity contribution in [2.45, 2.75) is 38.1 Å². The summed E-state index contributed by atoms with van der Waals surface area (Å²) >= 11 is 0. The van der Waals surface area contributed by atoms with E-state index in [0.717, 1.165) is 53.5 Å². The van der Waals surface area contributed by atoms with Gasteiger partial charge in [0.05, 0.1) is 11.4 Å². The minimum atomic E-state index is -0.561. The van der Waals surface area contributed by atoms with E-state index in [4.69, 9.17) is 5.73 Å². The summed E-state index contributed by atoms with van der Waals surface area (Å²) in [4.78, 5) is 24.7.